The van der Waals surface area contributed by atoms with Crippen molar-refractivity contribution < 1.29 is 23.7 Å². The summed E-state index contributed by atoms with van der Waals surface area (Å²) >= 11 is 0. The quantitative estimate of drug-likeness (QED) is 0.557. The Hall–Kier alpha value is -2.73. The SMILES string of the molecule is CCCOc1ccc(C(=O)Nc2cccc(OCC3CCCO3)c2)cc1OCCC. The van der Waals surface area contributed by atoms with Crippen LogP contribution >= 0.6 is 0 Å². The lowest BCUT2D eigenvalue weighted by molar-refractivity contribution is 0.0680. The molecule has 0 radical (unpaired) electrons. The molecule has 1 saturated heterocycles. The van der Waals surface area contributed by atoms with E-state index in [4.69, 9.17) is 18.9 Å². The smallest absolute Gasteiger partial charge is 0.255 e. The van der Waals surface area contributed by atoms with E-state index in [0.29, 0.717) is 48.3 Å². The van der Waals surface area contributed by atoms with E-state index in [1.165, 1.54) is 0 Å². The third kappa shape index (κ3) is 6.39. The van der Waals surface area contributed by atoms with Crippen LogP contribution in [0.5, 0.6) is 17.2 Å². The van der Waals surface area contributed by atoms with E-state index in [-0.39, 0.29) is 12.0 Å². The highest BCUT2D eigenvalue weighted by molar-refractivity contribution is 6.04. The van der Waals surface area contributed by atoms with Crippen LogP contribution in [-0.4, -0.2) is 38.4 Å². The van der Waals surface area contributed by atoms with Gasteiger partial charge in [0.2, 0.25) is 0 Å². The van der Waals surface area contributed by atoms with Gasteiger partial charge in [0.1, 0.15) is 12.4 Å². The fourth-order valence-electron chi connectivity index (χ4n) is 3.14. The van der Waals surface area contributed by atoms with Crippen LogP contribution in [-0.2, 0) is 4.74 Å². The molecule has 1 aliphatic heterocycles. The van der Waals surface area contributed by atoms with Crippen molar-refractivity contribution in [2.75, 3.05) is 31.7 Å². The van der Waals surface area contributed by atoms with Crippen molar-refractivity contribution in [1.82, 2.24) is 0 Å². The minimum Gasteiger partial charge on any atom is -0.491 e. The van der Waals surface area contributed by atoms with E-state index in [1.807, 2.05) is 38.1 Å². The average Bonchev–Trinajstić information content (AvgIpc) is 3.29. The van der Waals surface area contributed by atoms with Crippen LogP contribution in [0.2, 0.25) is 0 Å². The van der Waals surface area contributed by atoms with Crippen molar-refractivity contribution in [3.63, 3.8) is 0 Å². The Morgan fingerprint density at radius 1 is 1.03 bits per heavy atom. The molecule has 1 amide bonds. The molecule has 2 aromatic carbocycles. The first-order chi connectivity index (χ1) is 14.7. The third-order valence-corrected chi connectivity index (χ3v) is 4.68. The van der Waals surface area contributed by atoms with Gasteiger partial charge in [-0.05, 0) is 56.0 Å². The number of hydrogen-bond donors (Lipinski definition) is 1. The summed E-state index contributed by atoms with van der Waals surface area (Å²) in [5.74, 6) is 1.74. The number of nitrogens with one attached hydrogen (secondary N) is 1. The molecule has 6 nitrogen and oxygen atoms in total. The van der Waals surface area contributed by atoms with E-state index in [2.05, 4.69) is 5.32 Å². The molecule has 1 aliphatic rings. The molecule has 1 unspecified atom stereocenters. The van der Waals surface area contributed by atoms with E-state index in [1.54, 1.807) is 18.2 Å². The van der Waals surface area contributed by atoms with Gasteiger partial charge in [-0.1, -0.05) is 19.9 Å². The predicted octanol–water partition coefficient (Wildman–Crippen LogP) is 5.07. The van der Waals surface area contributed by atoms with Gasteiger partial charge in [-0.2, -0.15) is 0 Å². The highest BCUT2D eigenvalue weighted by Crippen LogP contribution is 2.29. The van der Waals surface area contributed by atoms with Crippen LogP contribution in [0.1, 0.15) is 49.9 Å². The maximum atomic E-state index is 12.8. The average molecular weight is 414 g/mol. The zero-order chi connectivity index (χ0) is 21.2. The number of hydrogen-bond acceptors (Lipinski definition) is 5. The Morgan fingerprint density at radius 2 is 1.83 bits per heavy atom. The molecule has 1 fully saturated rings. The molecule has 0 saturated carbocycles. The van der Waals surface area contributed by atoms with Crippen molar-refractivity contribution in [2.24, 2.45) is 0 Å². The van der Waals surface area contributed by atoms with Crippen molar-refractivity contribution in [2.45, 2.75) is 45.6 Å². The summed E-state index contributed by atoms with van der Waals surface area (Å²) in [6.07, 6.45) is 4.04. The molecule has 0 aromatic heterocycles. The first kappa shape index (κ1) is 22.0. The van der Waals surface area contributed by atoms with Gasteiger partial charge >= 0.3 is 0 Å². The fourth-order valence-corrected chi connectivity index (χ4v) is 3.14. The zero-order valence-electron chi connectivity index (χ0n) is 17.8. The summed E-state index contributed by atoms with van der Waals surface area (Å²) in [4.78, 5) is 12.8. The first-order valence-corrected chi connectivity index (χ1v) is 10.7. The number of rotatable bonds is 11. The molecule has 2 aromatic rings. The summed E-state index contributed by atoms with van der Waals surface area (Å²) in [6, 6.07) is 12.7. The van der Waals surface area contributed by atoms with E-state index in [9.17, 15) is 4.79 Å². The minimum atomic E-state index is -0.213. The Labute approximate surface area is 178 Å². The van der Waals surface area contributed by atoms with E-state index < -0.39 is 0 Å². The number of ether oxygens (including phenoxy) is 4. The van der Waals surface area contributed by atoms with Crippen LogP contribution in [0.3, 0.4) is 0 Å². The van der Waals surface area contributed by atoms with Gasteiger partial charge in [0.15, 0.2) is 11.5 Å². The third-order valence-electron chi connectivity index (χ3n) is 4.68. The van der Waals surface area contributed by atoms with Crippen molar-refractivity contribution in [3.8, 4) is 17.2 Å². The zero-order valence-corrected chi connectivity index (χ0v) is 17.8. The fraction of sp³-hybridized carbons (Fsp3) is 0.458. The Kier molecular flexibility index (Phi) is 8.39. The normalized spacial score (nSPS) is 15.6. The molecule has 0 spiro atoms. The van der Waals surface area contributed by atoms with E-state index >= 15 is 0 Å². The monoisotopic (exact) mass is 413 g/mol. The van der Waals surface area contributed by atoms with Crippen LogP contribution in [0, 0.1) is 0 Å². The summed E-state index contributed by atoms with van der Waals surface area (Å²) in [7, 11) is 0. The number of carbonyl (C=O) groups excluding carboxylic acids is 1. The van der Waals surface area contributed by atoms with Gasteiger partial charge in [0, 0.05) is 23.9 Å². The molecule has 1 atom stereocenters. The van der Waals surface area contributed by atoms with Crippen molar-refractivity contribution in [1.29, 1.82) is 0 Å². The Bertz CT molecular complexity index is 817. The maximum Gasteiger partial charge on any atom is 0.255 e. The number of carbonyl (C=O) groups is 1. The van der Waals surface area contributed by atoms with Crippen LogP contribution in [0.25, 0.3) is 0 Å². The van der Waals surface area contributed by atoms with Gasteiger partial charge in [-0.15, -0.1) is 0 Å². The Morgan fingerprint density at radius 3 is 2.57 bits per heavy atom. The van der Waals surface area contributed by atoms with Gasteiger partial charge in [0.05, 0.1) is 19.3 Å². The predicted molar refractivity (Wildman–Crippen MR) is 117 cm³/mol. The molecular weight excluding hydrogens is 382 g/mol. The molecule has 6 heteroatoms. The lowest BCUT2D eigenvalue weighted by Crippen LogP contribution is -2.16. The molecule has 1 N–H and O–H groups in total. The summed E-state index contributed by atoms with van der Waals surface area (Å²) < 4.78 is 22.9. The lowest BCUT2D eigenvalue weighted by atomic mass is 10.1. The second kappa shape index (κ2) is 11.5. The van der Waals surface area contributed by atoms with Gasteiger partial charge in [0.25, 0.3) is 5.91 Å². The molecule has 30 heavy (non-hydrogen) atoms. The summed E-state index contributed by atoms with van der Waals surface area (Å²) in [5, 5.41) is 2.93. The molecule has 162 valence electrons. The van der Waals surface area contributed by atoms with Crippen LogP contribution in [0.4, 0.5) is 5.69 Å². The largest absolute Gasteiger partial charge is 0.491 e. The van der Waals surface area contributed by atoms with Gasteiger partial charge < -0.3 is 24.3 Å². The van der Waals surface area contributed by atoms with Crippen LogP contribution < -0.4 is 19.5 Å². The van der Waals surface area contributed by atoms with Crippen LogP contribution in [0.15, 0.2) is 42.5 Å². The second-order valence-electron chi connectivity index (χ2n) is 7.29. The van der Waals surface area contributed by atoms with Crippen molar-refractivity contribution in [3.05, 3.63) is 48.0 Å². The molecule has 1 heterocycles. The first-order valence-electron chi connectivity index (χ1n) is 10.7. The minimum absolute atomic E-state index is 0.151. The molecule has 0 aliphatic carbocycles. The molecule has 3 rings (SSSR count). The van der Waals surface area contributed by atoms with Gasteiger partial charge in [-0.25, -0.2) is 0 Å². The summed E-state index contributed by atoms with van der Waals surface area (Å²) in [6.45, 7) is 6.58. The molecular formula is C24H31NO5. The Balaban J connectivity index is 1.64. The second-order valence-corrected chi connectivity index (χ2v) is 7.29. The standard InChI is InChI=1S/C24H31NO5/c1-3-12-28-22-11-10-18(15-23(22)29-13-4-2)24(26)25-19-7-5-8-20(16-19)30-17-21-9-6-14-27-21/h5,7-8,10-11,15-16,21H,3-4,6,9,12-14,17H2,1-2H3,(H,25,26). The lowest BCUT2D eigenvalue weighted by Gasteiger charge is -2.14. The van der Waals surface area contributed by atoms with Gasteiger partial charge in [-0.3, -0.25) is 4.79 Å². The highest BCUT2D eigenvalue weighted by atomic mass is 16.5. The number of amides is 1. The van der Waals surface area contributed by atoms with E-state index in [0.717, 1.165) is 32.3 Å². The number of anilines is 1. The highest BCUT2D eigenvalue weighted by Gasteiger charge is 2.16. The maximum absolute atomic E-state index is 12.8. The topological polar surface area (TPSA) is 66.0 Å². The van der Waals surface area contributed by atoms with Crippen molar-refractivity contribution >= 4 is 11.6 Å². The summed E-state index contributed by atoms with van der Waals surface area (Å²) in [5.41, 5.74) is 1.18. The molecule has 0 bridgehead atoms. The number of benzene rings is 2.